The molecule has 4 nitrogen and oxygen atoms in total. The summed E-state index contributed by atoms with van der Waals surface area (Å²) < 4.78 is 2.26. The summed E-state index contributed by atoms with van der Waals surface area (Å²) in [5, 5.41) is 10.8. The van der Waals surface area contributed by atoms with Crippen LogP contribution in [-0.2, 0) is 18.6 Å². The van der Waals surface area contributed by atoms with E-state index in [9.17, 15) is 5.11 Å². The molecule has 0 amide bonds. The predicted molar refractivity (Wildman–Crippen MR) is 87.5 cm³/mol. The highest BCUT2D eigenvalue weighted by atomic mass is 16.3. The third-order valence-corrected chi connectivity index (χ3v) is 4.58. The third kappa shape index (κ3) is 3.39. The second-order valence-corrected chi connectivity index (χ2v) is 6.74. The molecular weight excluding hydrogens is 274 g/mol. The minimum atomic E-state index is -0.815. The van der Waals surface area contributed by atoms with E-state index in [2.05, 4.69) is 27.7 Å². The van der Waals surface area contributed by atoms with Crippen LogP contribution in [0.25, 0.3) is 0 Å². The van der Waals surface area contributed by atoms with Crippen molar-refractivity contribution < 1.29 is 5.11 Å². The van der Waals surface area contributed by atoms with Gasteiger partial charge in [0.2, 0.25) is 0 Å². The van der Waals surface area contributed by atoms with Crippen LogP contribution in [0.1, 0.15) is 24.7 Å². The van der Waals surface area contributed by atoms with Gasteiger partial charge < -0.3 is 14.6 Å². The van der Waals surface area contributed by atoms with Crippen LogP contribution in [0.4, 0.5) is 0 Å². The molecule has 2 aromatic rings. The molecule has 1 aliphatic rings. The SMILES string of the molecule is CN(CC1CCc2nccn2C1)CC(C)(O)c1ccccc1. The molecule has 22 heavy (non-hydrogen) atoms. The Labute approximate surface area is 132 Å². The van der Waals surface area contributed by atoms with Gasteiger partial charge in [-0.25, -0.2) is 4.98 Å². The van der Waals surface area contributed by atoms with Gasteiger partial charge in [-0.2, -0.15) is 0 Å². The number of benzene rings is 1. The van der Waals surface area contributed by atoms with Crippen LogP contribution in [0.5, 0.6) is 0 Å². The fourth-order valence-electron chi connectivity index (χ4n) is 3.51. The summed E-state index contributed by atoms with van der Waals surface area (Å²) in [4.78, 5) is 6.63. The van der Waals surface area contributed by atoms with Gasteiger partial charge in [0.1, 0.15) is 5.82 Å². The van der Waals surface area contributed by atoms with Crippen LogP contribution in [-0.4, -0.2) is 39.7 Å². The van der Waals surface area contributed by atoms with Crippen LogP contribution < -0.4 is 0 Å². The number of likely N-dealkylation sites (N-methyl/N-ethyl adjacent to an activating group) is 1. The van der Waals surface area contributed by atoms with Crippen molar-refractivity contribution in [3.8, 4) is 0 Å². The summed E-state index contributed by atoms with van der Waals surface area (Å²) in [6, 6.07) is 9.92. The molecule has 118 valence electrons. The molecule has 1 aliphatic heterocycles. The van der Waals surface area contributed by atoms with Gasteiger partial charge in [-0.05, 0) is 31.9 Å². The van der Waals surface area contributed by atoms with E-state index in [1.165, 1.54) is 12.2 Å². The minimum Gasteiger partial charge on any atom is -0.384 e. The zero-order chi connectivity index (χ0) is 15.6. The van der Waals surface area contributed by atoms with Crippen molar-refractivity contribution in [1.29, 1.82) is 0 Å². The average Bonchev–Trinajstić information content (AvgIpc) is 2.95. The van der Waals surface area contributed by atoms with Gasteiger partial charge in [0.05, 0.1) is 5.60 Å². The highest BCUT2D eigenvalue weighted by Crippen LogP contribution is 2.23. The fraction of sp³-hybridized carbons (Fsp3) is 0.500. The van der Waals surface area contributed by atoms with Crippen molar-refractivity contribution >= 4 is 0 Å². The fourth-order valence-corrected chi connectivity index (χ4v) is 3.51. The summed E-state index contributed by atoms with van der Waals surface area (Å²) in [7, 11) is 2.10. The first kappa shape index (κ1) is 15.3. The monoisotopic (exact) mass is 299 g/mol. The van der Waals surface area contributed by atoms with Crippen LogP contribution in [0, 0.1) is 5.92 Å². The first-order chi connectivity index (χ1) is 10.5. The number of hydrogen-bond donors (Lipinski definition) is 1. The number of aliphatic hydroxyl groups is 1. The number of rotatable bonds is 5. The van der Waals surface area contributed by atoms with Gasteiger partial charge >= 0.3 is 0 Å². The number of hydrogen-bond acceptors (Lipinski definition) is 3. The molecule has 0 saturated heterocycles. The van der Waals surface area contributed by atoms with Crippen molar-refractivity contribution in [3.05, 3.63) is 54.1 Å². The molecule has 2 unspecified atom stereocenters. The Morgan fingerprint density at radius 1 is 1.36 bits per heavy atom. The van der Waals surface area contributed by atoms with E-state index in [-0.39, 0.29) is 0 Å². The van der Waals surface area contributed by atoms with Crippen molar-refractivity contribution in [2.24, 2.45) is 5.92 Å². The van der Waals surface area contributed by atoms with Crippen molar-refractivity contribution in [1.82, 2.24) is 14.5 Å². The largest absolute Gasteiger partial charge is 0.384 e. The molecule has 3 rings (SSSR count). The molecule has 0 spiro atoms. The quantitative estimate of drug-likeness (QED) is 0.921. The molecule has 0 radical (unpaired) electrons. The Morgan fingerprint density at radius 3 is 2.91 bits per heavy atom. The van der Waals surface area contributed by atoms with Gasteiger partial charge in [-0.15, -0.1) is 0 Å². The van der Waals surface area contributed by atoms with Gasteiger partial charge in [0.15, 0.2) is 0 Å². The number of aromatic nitrogens is 2. The highest BCUT2D eigenvalue weighted by molar-refractivity contribution is 5.21. The Kier molecular flexibility index (Phi) is 4.32. The molecule has 1 N–H and O–H groups in total. The molecule has 2 atom stereocenters. The lowest BCUT2D eigenvalue weighted by Gasteiger charge is -2.33. The Morgan fingerprint density at radius 2 is 2.14 bits per heavy atom. The summed E-state index contributed by atoms with van der Waals surface area (Å²) in [6.45, 7) is 4.58. The first-order valence-corrected chi connectivity index (χ1v) is 8.01. The normalized spacial score (nSPS) is 20.6. The lowest BCUT2D eigenvalue weighted by atomic mass is 9.94. The summed E-state index contributed by atoms with van der Waals surface area (Å²) in [6.07, 6.45) is 6.19. The summed E-state index contributed by atoms with van der Waals surface area (Å²) in [5.41, 5.74) is 0.160. The van der Waals surface area contributed by atoms with Crippen LogP contribution in [0.15, 0.2) is 42.7 Å². The predicted octanol–water partition coefficient (Wildman–Crippen LogP) is 2.29. The van der Waals surface area contributed by atoms with Gasteiger partial charge in [-0.1, -0.05) is 30.3 Å². The van der Waals surface area contributed by atoms with Crippen molar-refractivity contribution in [3.63, 3.8) is 0 Å². The topological polar surface area (TPSA) is 41.3 Å². The number of fused-ring (bicyclic) bond motifs is 1. The lowest BCUT2D eigenvalue weighted by molar-refractivity contribution is 0.0180. The van der Waals surface area contributed by atoms with E-state index in [1.54, 1.807) is 0 Å². The highest BCUT2D eigenvalue weighted by Gasteiger charge is 2.27. The molecule has 0 fully saturated rings. The van der Waals surface area contributed by atoms with E-state index in [0.717, 1.165) is 25.1 Å². The molecular formula is C18H25N3O. The number of nitrogens with zero attached hydrogens (tertiary/aromatic N) is 3. The lowest BCUT2D eigenvalue weighted by Crippen LogP contribution is -2.40. The first-order valence-electron chi connectivity index (χ1n) is 8.01. The zero-order valence-corrected chi connectivity index (χ0v) is 13.4. The maximum absolute atomic E-state index is 10.8. The standard InChI is InChI=1S/C18H25N3O/c1-18(22,16-6-4-3-5-7-16)14-20(2)12-15-8-9-17-19-10-11-21(17)13-15/h3-7,10-11,15,22H,8-9,12-14H2,1-2H3. The maximum atomic E-state index is 10.8. The number of imidazole rings is 1. The molecule has 0 bridgehead atoms. The summed E-state index contributed by atoms with van der Waals surface area (Å²) in [5.74, 6) is 1.83. The van der Waals surface area contributed by atoms with Crippen LogP contribution in [0.3, 0.4) is 0 Å². The molecule has 2 heterocycles. The van der Waals surface area contributed by atoms with E-state index in [1.807, 2.05) is 43.5 Å². The van der Waals surface area contributed by atoms with Crippen LogP contribution >= 0.6 is 0 Å². The summed E-state index contributed by atoms with van der Waals surface area (Å²) >= 11 is 0. The molecule has 0 saturated carbocycles. The Bertz CT molecular complexity index is 606. The van der Waals surface area contributed by atoms with E-state index in [4.69, 9.17) is 0 Å². The maximum Gasteiger partial charge on any atom is 0.108 e. The second kappa shape index (κ2) is 6.23. The molecule has 1 aromatic carbocycles. The van der Waals surface area contributed by atoms with E-state index in [0.29, 0.717) is 12.5 Å². The smallest absolute Gasteiger partial charge is 0.108 e. The van der Waals surface area contributed by atoms with Gasteiger partial charge in [0, 0.05) is 38.4 Å². The number of aryl methyl sites for hydroxylation is 1. The van der Waals surface area contributed by atoms with Crippen molar-refractivity contribution in [2.75, 3.05) is 20.1 Å². The second-order valence-electron chi connectivity index (χ2n) is 6.74. The Hall–Kier alpha value is -1.65. The molecule has 4 heteroatoms. The van der Waals surface area contributed by atoms with E-state index >= 15 is 0 Å². The molecule has 1 aromatic heterocycles. The zero-order valence-electron chi connectivity index (χ0n) is 13.4. The third-order valence-electron chi connectivity index (χ3n) is 4.58. The van der Waals surface area contributed by atoms with Gasteiger partial charge in [-0.3, -0.25) is 0 Å². The van der Waals surface area contributed by atoms with Crippen LogP contribution in [0.2, 0.25) is 0 Å². The van der Waals surface area contributed by atoms with Crippen molar-refractivity contribution in [2.45, 2.75) is 31.9 Å². The molecule has 0 aliphatic carbocycles. The van der Waals surface area contributed by atoms with Gasteiger partial charge in [0.25, 0.3) is 0 Å². The van der Waals surface area contributed by atoms with E-state index < -0.39 is 5.60 Å². The average molecular weight is 299 g/mol. The Balaban J connectivity index is 1.58. The minimum absolute atomic E-state index is 0.623.